The van der Waals surface area contributed by atoms with Gasteiger partial charge in [-0.25, -0.2) is 27.5 Å². The average molecular weight is 522 g/mol. The molecule has 4 heterocycles. The van der Waals surface area contributed by atoms with E-state index in [9.17, 15) is 17.6 Å². The number of rotatable bonds is 4. The van der Waals surface area contributed by atoms with E-state index < -0.39 is 23.9 Å². The molecule has 38 heavy (non-hydrogen) atoms. The molecule has 3 aromatic carbocycles. The summed E-state index contributed by atoms with van der Waals surface area (Å²) in [6.45, 7) is -0.651. The lowest BCUT2D eigenvalue weighted by atomic mass is 9.99. The molecule has 6 nitrogen and oxygen atoms in total. The SMILES string of the molecule is FC1(F)CNC(C2=NC=C(c3ccc(-c4ccc5c(ccc6[nH]c(C7CC(F)(F)CN7)nc65)c4)cc3)[NH2+]2)C1. The van der Waals surface area contributed by atoms with E-state index in [1.165, 1.54) is 0 Å². The molecule has 1 aromatic heterocycles. The summed E-state index contributed by atoms with van der Waals surface area (Å²) in [5, 5.41) is 9.54. The average Bonchev–Trinajstić information content (AvgIpc) is 3.69. The maximum absolute atomic E-state index is 13.7. The molecule has 2 fully saturated rings. The molecule has 7 rings (SSSR count). The number of aliphatic imine (C=N–C) groups is 1. The number of nitrogens with two attached hydrogens (primary N) is 1. The van der Waals surface area contributed by atoms with Crippen LogP contribution in [-0.4, -0.2) is 46.8 Å². The standard InChI is InChI=1S/C28H24F4N6/c29-27(30)10-21(34-13-27)25-33-12-23(37-25)16-3-1-15(2-4-16)17-5-7-19-18(9-17)6-8-20-24(19)38-26(36-20)22-11-28(31,32)14-35-22/h1-9,12,21-22,34-35H,10-11,13-14H2,(H,33,37)(H,36,38)/p+1. The first-order valence-corrected chi connectivity index (χ1v) is 12.6. The summed E-state index contributed by atoms with van der Waals surface area (Å²) in [5.41, 5.74) is 5.53. The van der Waals surface area contributed by atoms with Crippen molar-refractivity contribution in [3.63, 3.8) is 0 Å². The molecule has 0 radical (unpaired) electrons. The first-order chi connectivity index (χ1) is 18.2. The Morgan fingerprint density at radius 2 is 1.47 bits per heavy atom. The van der Waals surface area contributed by atoms with Crippen molar-refractivity contribution in [1.29, 1.82) is 0 Å². The zero-order valence-corrected chi connectivity index (χ0v) is 20.2. The van der Waals surface area contributed by atoms with Gasteiger partial charge in [0.25, 0.3) is 11.8 Å². The van der Waals surface area contributed by atoms with Crippen molar-refractivity contribution >= 4 is 33.3 Å². The van der Waals surface area contributed by atoms with Crippen LogP contribution in [0.1, 0.15) is 30.3 Å². The van der Waals surface area contributed by atoms with Crippen molar-refractivity contribution in [3.05, 3.63) is 72.2 Å². The molecule has 0 spiro atoms. The minimum absolute atomic E-state index is 0.232. The lowest BCUT2D eigenvalue weighted by Crippen LogP contribution is -2.86. The predicted molar refractivity (Wildman–Crippen MR) is 138 cm³/mol. The second kappa shape index (κ2) is 8.45. The van der Waals surface area contributed by atoms with Gasteiger partial charge in [-0.1, -0.05) is 30.3 Å². The number of nitrogens with one attached hydrogen (secondary N) is 3. The molecule has 10 heteroatoms. The van der Waals surface area contributed by atoms with Gasteiger partial charge in [0.15, 0.2) is 5.70 Å². The van der Waals surface area contributed by atoms with Gasteiger partial charge in [0.2, 0.25) is 5.84 Å². The second-order valence-corrected chi connectivity index (χ2v) is 10.4. The number of hydrogen-bond donors (Lipinski definition) is 4. The molecule has 2 unspecified atom stereocenters. The van der Waals surface area contributed by atoms with Crippen LogP contribution in [0.2, 0.25) is 0 Å². The molecule has 2 saturated heterocycles. The van der Waals surface area contributed by atoms with Gasteiger partial charge in [-0.05, 0) is 40.8 Å². The minimum Gasteiger partial charge on any atom is -0.341 e. The van der Waals surface area contributed by atoms with Crippen LogP contribution in [-0.2, 0) is 0 Å². The molecule has 0 bridgehead atoms. The normalized spacial score (nSPS) is 24.3. The zero-order valence-electron chi connectivity index (χ0n) is 20.2. The Balaban J connectivity index is 1.10. The van der Waals surface area contributed by atoms with E-state index in [1.807, 2.05) is 53.8 Å². The van der Waals surface area contributed by atoms with Crippen LogP contribution >= 0.6 is 0 Å². The number of quaternary nitrogens is 1. The monoisotopic (exact) mass is 521 g/mol. The number of H-pyrrole nitrogens is 1. The number of amidine groups is 1. The molecule has 2 atom stereocenters. The van der Waals surface area contributed by atoms with Crippen molar-refractivity contribution in [2.75, 3.05) is 13.1 Å². The highest BCUT2D eigenvalue weighted by atomic mass is 19.3. The fourth-order valence-electron chi connectivity index (χ4n) is 5.58. The van der Waals surface area contributed by atoms with Gasteiger partial charge in [0.05, 0.1) is 36.4 Å². The number of nitrogens with zero attached hydrogens (tertiary/aromatic N) is 2. The fraction of sp³-hybridized carbons (Fsp3) is 0.286. The van der Waals surface area contributed by atoms with Crippen LogP contribution < -0.4 is 16.0 Å². The highest BCUT2D eigenvalue weighted by molar-refractivity contribution is 6.05. The Bertz CT molecular complexity index is 1620. The van der Waals surface area contributed by atoms with Gasteiger partial charge in [-0.15, -0.1) is 0 Å². The summed E-state index contributed by atoms with van der Waals surface area (Å²) >= 11 is 0. The van der Waals surface area contributed by atoms with Crippen molar-refractivity contribution in [2.24, 2.45) is 4.99 Å². The van der Waals surface area contributed by atoms with Crippen molar-refractivity contribution in [1.82, 2.24) is 20.6 Å². The Morgan fingerprint density at radius 3 is 2.18 bits per heavy atom. The molecule has 194 valence electrons. The Morgan fingerprint density at radius 1 is 0.789 bits per heavy atom. The van der Waals surface area contributed by atoms with Crippen LogP contribution in [0.15, 0.2) is 65.8 Å². The fourth-order valence-corrected chi connectivity index (χ4v) is 5.58. The number of benzene rings is 3. The van der Waals surface area contributed by atoms with Gasteiger partial charge in [0, 0.05) is 23.8 Å². The van der Waals surface area contributed by atoms with Crippen LogP contribution in [0.3, 0.4) is 0 Å². The quantitative estimate of drug-likeness (QED) is 0.302. The molecule has 0 amide bonds. The van der Waals surface area contributed by atoms with Crippen molar-refractivity contribution in [3.8, 4) is 11.1 Å². The van der Waals surface area contributed by atoms with Crippen LogP contribution in [0, 0.1) is 0 Å². The third-order valence-corrected chi connectivity index (χ3v) is 7.60. The van der Waals surface area contributed by atoms with Crippen molar-refractivity contribution in [2.45, 2.75) is 36.8 Å². The molecular formula is C28H25F4N6+. The molecule has 0 aliphatic carbocycles. The molecule has 5 N–H and O–H groups in total. The minimum atomic E-state index is -2.72. The highest BCUT2D eigenvalue weighted by Crippen LogP contribution is 2.35. The van der Waals surface area contributed by atoms with Gasteiger partial charge in [-0.3, -0.25) is 10.6 Å². The highest BCUT2D eigenvalue weighted by Gasteiger charge is 2.44. The zero-order chi connectivity index (χ0) is 26.1. The lowest BCUT2D eigenvalue weighted by Gasteiger charge is -2.09. The molecular weight excluding hydrogens is 496 g/mol. The summed E-state index contributed by atoms with van der Waals surface area (Å²) in [6.07, 6.45) is 1.23. The summed E-state index contributed by atoms with van der Waals surface area (Å²) in [6, 6.07) is 17.2. The van der Waals surface area contributed by atoms with E-state index in [0.29, 0.717) is 11.7 Å². The topological polar surface area (TPSA) is 81.7 Å². The summed E-state index contributed by atoms with van der Waals surface area (Å²) in [4.78, 5) is 12.2. The number of hydrogen-bond acceptors (Lipinski definition) is 4. The predicted octanol–water partition coefficient (Wildman–Crippen LogP) is 4.32. The van der Waals surface area contributed by atoms with E-state index in [1.54, 1.807) is 6.20 Å². The number of fused-ring (bicyclic) bond motifs is 3. The van der Waals surface area contributed by atoms with Crippen molar-refractivity contribution < 1.29 is 22.9 Å². The van der Waals surface area contributed by atoms with Crippen LogP contribution in [0.25, 0.3) is 38.6 Å². The van der Waals surface area contributed by atoms with Crippen LogP contribution in [0.5, 0.6) is 0 Å². The first-order valence-electron chi connectivity index (χ1n) is 12.6. The lowest BCUT2D eigenvalue weighted by molar-refractivity contribution is -0.434. The van der Waals surface area contributed by atoms with E-state index in [-0.39, 0.29) is 25.9 Å². The van der Waals surface area contributed by atoms with Gasteiger partial charge >= 0.3 is 0 Å². The molecule has 3 aliphatic rings. The number of alkyl halides is 4. The number of halogens is 4. The summed E-state index contributed by atoms with van der Waals surface area (Å²) in [5.74, 6) is -4.24. The van der Waals surface area contributed by atoms with Gasteiger partial charge < -0.3 is 10.3 Å². The largest absolute Gasteiger partial charge is 0.341 e. The molecule has 0 saturated carbocycles. The molecule has 3 aliphatic heterocycles. The number of aromatic nitrogens is 2. The van der Waals surface area contributed by atoms with Gasteiger partial charge in [0.1, 0.15) is 11.9 Å². The number of imidazole rings is 1. The maximum atomic E-state index is 13.7. The van der Waals surface area contributed by atoms with E-state index in [0.717, 1.165) is 44.2 Å². The third kappa shape index (κ3) is 4.18. The third-order valence-electron chi connectivity index (χ3n) is 7.60. The van der Waals surface area contributed by atoms with E-state index in [2.05, 4.69) is 31.7 Å². The van der Waals surface area contributed by atoms with E-state index >= 15 is 0 Å². The molecule has 4 aromatic rings. The van der Waals surface area contributed by atoms with E-state index in [4.69, 9.17) is 0 Å². The maximum Gasteiger partial charge on any atom is 0.262 e. The van der Waals surface area contributed by atoms with Crippen LogP contribution in [0.4, 0.5) is 17.6 Å². The van der Waals surface area contributed by atoms with Gasteiger partial charge in [-0.2, -0.15) is 0 Å². The Kier molecular flexibility index (Phi) is 5.23. The summed E-state index contributed by atoms with van der Waals surface area (Å²) in [7, 11) is 0. The Labute approximate surface area is 215 Å². The second-order valence-electron chi connectivity index (χ2n) is 10.4. The smallest absolute Gasteiger partial charge is 0.262 e. The number of aromatic amines is 1. The first kappa shape index (κ1) is 23.5. The Hall–Kier alpha value is -3.60. The summed E-state index contributed by atoms with van der Waals surface area (Å²) < 4.78 is 54.5.